The second kappa shape index (κ2) is 8.94. The molecule has 0 saturated carbocycles. The van der Waals surface area contributed by atoms with Gasteiger partial charge in [-0.05, 0) is 54.9 Å². The second-order valence-corrected chi connectivity index (χ2v) is 8.90. The number of anilines is 2. The molecule has 0 aliphatic carbocycles. The Bertz CT molecular complexity index is 966. The lowest BCUT2D eigenvalue weighted by molar-refractivity contribution is -0.115. The first kappa shape index (κ1) is 21.3. The topological polar surface area (TPSA) is 95.7 Å². The fraction of sp³-hybridized carbons (Fsp3) is 0.381. The zero-order valence-corrected chi connectivity index (χ0v) is 17.7. The number of benzene rings is 2. The summed E-state index contributed by atoms with van der Waals surface area (Å²) in [5, 5.41) is 8.04. The van der Waals surface area contributed by atoms with E-state index in [-0.39, 0.29) is 17.2 Å². The molecule has 156 valence electrons. The molecule has 0 spiro atoms. The first-order valence-electron chi connectivity index (χ1n) is 9.76. The highest BCUT2D eigenvalue weighted by Crippen LogP contribution is 2.24. The van der Waals surface area contributed by atoms with Crippen molar-refractivity contribution in [3.05, 3.63) is 53.6 Å². The van der Waals surface area contributed by atoms with Crippen LogP contribution in [0.4, 0.5) is 11.4 Å². The van der Waals surface area contributed by atoms with Gasteiger partial charge in [-0.3, -0.25) is 4.79 Å². The van der Waals surface area contributed by atoms with Crippen LogP contribution in [0.2, 0.25) is 0 Å². The number of nitrogens with one attached hydrogen (secondary N) is 1. The second-order valence-electron chi connectivity index (χ2n) is 7.33. The Morgan fingerprint density at radius 2 is 1.72 bits per heavy atom. The van der Waals surface area contributed by atoms with Crippen LogP contribution < -0.4 is 15.4 Å². The monoisotopic (exact) mass is 416 g/mol. The fourth-order valence-corrected chi connectivity index (χ4v) is 4.00. The number of carbonyl (C=O) groups is 1. The number of amides is 1. The summed E-state index contributed by atoms with van der Waals surface area (Å²) < 4.78 is 22.6. The minimum absolute atomic E-state index is 0.0351. The molecule has 1 fully saturated rings. The number of piperazine rings is 1. The van der Waals surface area contributed by atoms with E-state index in [9.17, 15) is 13.2 Å². The maximum atomic E-state index is 12.4. The van der Waals surface area contributed by atoms with Gasteiger partial charge in [-0.1, -0.05) is 19.1 Å². The number of likely N-dealkylation sites (N-methyl/N-ethyl adjacent to an activating group) is 1. The number of primary sulfonamides is 1. The van der Waals surface area contributed by atoms with Crippen molar-refractivity contribution in [3.63, 3.8) is 0 Å². The third-order valence-electron chi connectivity index (χ3n) is 5.29. The van der Waals surface area contributed by atoms with Crippen molar-refractivity contribution >= 4 is 27.3 Å². The average Bonchev–Trinajstić information content (AvgIpc) is 2.69. The summed E-state index contributed by atoms with van der Waals surface area (Å²) in [4.78, 5) is 17.2. The normalized spacial score (nSPS) is 15.3. The van der Waals surface area contributed by atoms with E-state index < -0.39 is 10.0 Å². The van der Waals surface area contributed by atoms with Gasteiger partial charge in [0, 0.05) is 37.6 Å². The van der Waals surface area contributed by atoms with Gasteiger partial charge in [-0.25, -0.2) is 13.6 Å². The molecule has 1 aliphatic heterocycles. The van der Waals surface area contributed by atoms with E-state index in [1.807, 2.05) is 19.1 Å². The smallest absolute Gasteiger partial charge is 0.238 e. The molecule has 7 nitrogen and oxygen atoms in total. The standard InChI is InChI=1S/C21H28N4O3S/c1-3-24-10-12-25(13-11-24)18-6-9-20(16(2)14-18)23-21(26)15-17-4-7-19(8-5-17)29(22,27)28/h4-9,14H,3,10-13,15H2,1-2H3,(H,23,26)(H2,22,27,28). The molecule has 0 unspecified atom stereocenters. The molecule has 1 aliphatic rings. The number of rotatable bonds is 6. The number of nitrogens with two attached hydrogens (primary N) is 1. The highest BCUT2D eigenvalue weighted by Gasteiger charge is 2.17. The van der Waals surface area contributed by atoms with Gasteiger partial charge in [-0.2, -0.15) is 0 Å². The van der Waals surface area contributed by atoms with Crippen LogP contribution in [-0.4, -0.2) is 51.9 Å². The lowest BCUT2D eigenvalue weighted by Crippen LogP contribution is -2.46. The van der Waals surface area contributed by atoms with Crippen molar-refractivity contribution in [1.82, 2.24) is 4.90 Å². The summed E-state index contributed by atoms with van der Waals surface area (Å²) in [5.41, 5.74) is 3.69. The highest BCUT2D eigenvalue weighted by atomic mass is 32.2. The van der Waals surface area contributed by atoms with E-state index >= 15 is 0 Å². The summed E-state index contributed by atoms with van der Waals surface area (Å²) >= 11 is 0. The van der Waals surface area contributed by atoms with Crippen molar-refractivity contribution in [1.29, 1.82) is 0 Å². The Morgan fingerprint density at radius 3 is 2.28 bits per heavy atom. The number of hydrogen-bond acceptors (Lipinski definition) is 5. The zero-order chi connectivity index (χ0) is 21.0. The van der Waals surface area contributed by atoms with E-state index in [2.05, 4.69) is 28.1 Å². The van der Waals surface area contributed by atoms with Crippen molar-refractivity contribution in [3.8, 4) is 0 Å². The Balaban J connectivity index is 1.60. The predicted octanol–water partition coefficient (Wildman–Crippen LogP) is 1.97. The van der Waals surface area contributed by atoms with Gasteiger partial charge in [0.1, 0.15) is 0 Å². The number of carbonyl (C=O) groups excluding carboxylic acids is 1. The van der Waals surface area contributed by atoms with Gasteiger partial charge >= 0.3 is 0 Å². The van der Waals surface area contributed by atoms with Crippen LogP contribution >= 0.6 is 0 Å². The quantitative estimate of drug-likeness (QED) is 0.751. The van der Waals surface area contributed by atoms with E-state index in [0.29, 0.717) is 0 Å². The number of hydrogen-bond donors (Lipinski definition) is 2. The van der Waals surface area contributed by atoms with E-state index in [1.165, 1.54) is 17.8 Å². The van der Waals surface area contributed by atoms with Crippen molar-refractivity contribution in [2.45, 2.75) is 25.2 Å². The lowest BCUT2D eigenvalue weighted by Gasteiger charge is -2.35. The molecule has 1 heterocycles. The van der Waals surface area contributed by atoms with Gasteiger partial charge < -0.3 is 15.1 Å². The summed E-state index contributed by atoms with van der Waals surface area (Å²) in [5.74, 6) is -0.152. The van der Waals surface area contributed by atoms with E-state index in [1.54, 1.807) is 12.1 Å². The Labute approximate surface area is 172 Å². The molecule has 2 aromatic rings. The molecule has 3 N–H and O–H groups in total. The summed E-state index contributed by atoms with van der Waals surface area (Å²) in [7, 11) is -3.73. The Kier molecular flexibility index (Phi) is 6.56. The predicted molar refractivity (Wildman–Crippen MR) is 116 cm³/mol. The minimum Gasteiger partial charge on any atom is -0.369 e. The van der Waals surface area contributed by atoms with Crippen molar-refractivity contribution in [2.24, 2.45) is 5.14 Å². The van der Waals surface area contributed by atoms with Crippen LogP contribution in [0.3, 0.4) is 0 Å². The van der Waals surface area contributed by atoms with Crippen LogP contribution in [0.25, 0.3) is 0 Å². The largest absolute Gasteiger partial charge is 0.369 e. The number of nitrogens with zero attached hydrogens (tertiary/aromatic N) is 2. The molecule has 0 bridgehead atoms. The van der Waals surface area contributed by atoms with Crippen LogP contribution in [0.1, 0.15) is 18.1 Å². The van der Waals surface area contributed by atoms with Crippen LogP contribution in [0, 0.1) is 6.92 Å². The molecule has 0 atom stereocenters. The summed E-state index contributed by atoms with van der Waals surface area (Å²) in [6.45, 7) is 9.41. The van der Waals surface area contributed by atoms with Crippen LogP contribution in [0.15, 0.2) is 47.4 Å². The minimum atomic E-state index is -3.73. The molecule has 1 amide bonds. The maximum absolute atomic E-state index is 12.4. The third kappa shape index (κ3) is 5.56. The summed E-state index contributed by atoms with van der Waals surface area (Å²) in [6.07, 6.45) is 0.158. The summed E-state index contributed by atoms with van der Waals surface area (Å²) in [6, 6.07) is 12.1. The Hall–Kier alpha value is -2.42. The molecule has 3 rings (SSSR count). The SMILES string of the molecule is CCN1CCN(c2ccc(NC(=O)Cc3ccc(S(N)(=O)=O)cc3)c(C)c2)CC1. The van der Waals surface area contributed by atoms with Gasteiger partial charge in [0.2, 0.25) is 15.9 Å². The van der Waals surface area contributed by atoms with Gasteiger partial charge in [0.05, 0.1) is 11.3 Å². The van der Waals surface area contributed by atoms with E-state index in [4.69, 9.17) is 5.14 Å². The van der Waals surface area contributed by atoms with Crippen LogP contribution in [0.5, 0.6) is 0 Å². The van der Waals surface area contributed by atoms with Gasteiger partial charge in [0.25, 0.3) is 0 Å². The number of aryl methyl sites for hydroxylation is 1. The molecule has 0 aromatic heterocycles. The van der Waals surface area contributed by atoms with Crippen molar-refractivity contribution < 1.29 is 13.2 Å². The fourth-order valence-electron chi connectivity index (χ4n) is 3.48. The zero-order valence-electron chi connectivity index (χ0n) is 16.9. The van der Waals surface area contributed by atoms with Crippen LogP contribution in [-0.2, 0) is 21.2 Å². The first-order chi connectivity index (χ1) is 13.8. The molecular weight excluding hydrogens is 388 g/mol. The molecule has 0 radical (unpaired) electrons. The first-order valence-corrected chi connectivity index (χ1v) is 11.3. The highest BCUT2D eigenvalue weighted by molar-refractivity contribution is 7.89. The van der Waals surface area contributed by atoms with Gasteiger partial charge in [-0.15, -0.1) is 0 Å². The Morgan fingerprint density at radius 1 is 1.07 bits per heavy atom. The lowest BCUT2D eigenvalue weighted by atomic mass is 10.1. The molecule has 8 heteroatoms. The molecule has 2 aromatic carbocycles. The van der Waals surface area contributed by atoms with Crippen molar-refractivity contribution in [2.75, 3.05) is 42.9 Å². The number of sulfonamides is 1. The van der Waals surface area contributed by atoms with E-state index in [0.717, 1.165) is 49.5 Å². The molecule has 1 saturated heterocycles. The molecule has 29 heavy (non-hydrogen) atoms. The average molecular weight is 417 g/mol. The molecular formula is C21H28N4O3S. The maximum Gasteiger partial charge on any atom is 0.238 e. The van der Waals surface area contributed by atoms with Gasteiger partial charge in [0.15, 0.2) is 0 Å². The third-order valence-corrected chi connectivity index (χ3v) is 6.21.